The van der Waals surface area contributed by atoms with E-state index in [-0.39, 0.29) is 5.41 Å². The minimum atomic E-state index is -5.08. The molecule has 2 saturated heterocycles. The third-order valence-electron chi connectivity index (χ3n) is 5.68. The number of halogens is 9. The van der Waals surface area contributed by atoms with Crippen LogP contribution in [0.2, 0.25) is 0 Å². The van der Waals surface area contributed by atoms with Crippen LogP contribution in [0.4, 0.5) is 45.5 Å². The molecule has 3 N–H and O–H groups in total. The van der Waals surface area contributed by atoms with Gasteiger partial charge in [0.1, 0.15) is 0 Å². The van der Waals surface area contributed by atoms with E-state index in [4.69, 9.17) is 34.4 Å². The minimum absolute atomic E-state index is 0.169. The van der Waals surface area contributed by atoms with Crippen LogP contribution >= 0.6 is 0 Å². The van der Waals surface area contributed by atoms with Gasteiger partial charge in [-0.15, -0.1) is 0 Å². The van der Waals surface area contributed by atoms with Crippen molar-refractivity contribution >= 4 is 23.9 Å². The first-order chi connectivity index (χ1) is 20.7. The molecule has 2 aromatic rings. The predicted molar refractivity (Wildman–Crippen MR) is 133 cm³/mol. The number of hydrogen-bond acceptors (Lipinski definition) is 9. The second kappa shape index (κ2) is 16.7. The third kappa shape index (κ3) is 14.8. The van der Waals surface area contributed by atoms with Crippen LogP contribution in [-0.4, -0.2) is 111 Å². The lowest BCUT2D eigenvalue weighted by Crippen LogP contribution is -2.40. The number of carboxylic acids is 3. The van der Waals surface area contributed by atoms with Crippen molar-refractivity contribution in [2.24, 2.45) is 5.41 Å². The number of rotatable bonds is 3. The smallest absolute Gasteiger partial charge is 0.475 e. The van der Waals surface area contributed by atoms with Gasteiger partial charge in [-0.2, -0.15) is 39.5 Å². The molecule has 0 amide bonds. The molecule has 4 heterocycles. The number of carbonyl (C=O) groups is 3. The molecule has 2 aliphatic heterocycles. The fourth-order valence-electron chi connectivity index (χ4n) is 3.77. The van der Waals surface area contributed by atoms with Gasteiger partial charge in [-0.25, -0.2) is 24.4 Å². The van der Waals surface area contributed by atoms with E-state index < -0.39 is 36.4 Å². The Morgan fingerprint density at radius 1 is 0.778 bits per heavy atom. The molecule has 2 fully saturated rings. The molecule has 2 aliphatic rings. The Balaban J connectivity index is 0.000000396. The van der Waals surface area contributed by atoms with Crippen molar-refractivity contribution < 1.29 is 74.0 Å². The molecule has 45 heavy (non-hydrogen) atoms. The van der Waals surface area contributed by atoms with E-state index in [1.165, 1.54) is 5.56 Å². The fraction of sp³-hybridized carbons (Fsp3) is 0.500. The number of alkyl halides is 9. The quantitative estimate of drug-likeness (QED) is 0.409. The summed E-state index contributed by atoms with van der Waals surface area (Å²) >= 11 is 0. The van der Waals surface area contributed by atoms with Gasteiger partial charge in [-0.05, 0) is 30.2 Å². The Kier molecular flexibility index (Phi) is 14.4. The topological polar surface area (TPSA) is 166 Å². The zero-order valence-corrected chi connectivity index (χ0v) is 22.8. The molecule has 2 aromatic heterocycles. The van der Waals surface area contributed by atoms with Gasteiger partial charge in [0.15, 0.2) is 0 Å². The summed E-state index contributed by atoms with van der Waals surface area (Å²) < 4.78 is 101. The van der Waals surface area contributed by atoms with E-state index in [1.807, 2.05) is 30.9 Å². The third-order valence-corrected chi connectivity index (χ3v) is 5.68. The molecule has 21 heteroatoms. The first kappa shape index (κ1) is 38.8. The number of anilines is 1. The van der Waals surface area contributed by atoms with Crippen LogP contribution in [-0.2, 0) is 25.7 Å². The van der Waals surface area contributed by atoms with Crippen LogP contribution in [0, 0.1) is 5.41 Å². The summed E-state index contributed by atoms with van der Waals surface area (Å²) in [5.41, 5.74) is 1.48. The maximum absolute atomic E-state index is 10.6. The van der Waals surface area contributed by atoms with Crippen LogP contribution in [0.3, 0.4) is 0 Å². The summed E-state index contributed by atoms with van der Waals surface area (Å²) in [6, 6.07) is 6.05. The number of aromatic nitrogens is 3. The van der Waals surface area contributed by atoms with Crippen molar-refractivity contribution in [2.45, 2.75) is 31.5 Å². The van der Waals surface area contributed by atoms with Crippen LogP contribution in [0.15, 0.2) is 43.0 Å². The molecule has 0 aliphatic carbocycles. The molecule has 12 nitrogen and oxygen atoms in total. The van der Waals surface area contributed by atoms with E-state index in [0.717, 1.165) is 58.3 Å². The number of hydrogen-bond donors (Lipinski definition) is 3. The van der Waals surface area contributed by atoms with Crippen molar-refractivity contribution in [3.8, 4) is 0 Å². The molecule has 0 saturated carbocycles. The Hall–Kier alpha value is -4.27. The molecule has 0 aromatic carbocycles. The maximum Gasteiger partial charge on any atom is 0.490 e. The molecule has 0 bridgehead atoms. The van der Waals surface area contributed by atoms with E-state index in [1.54, 1.807) is 0 Å². The molecule has 4 rings (SSSR count). The molecular weight excluding hydrogens is 641 g/mol. The van der Waals surface area contributed by atoms with Crippen LogP contribution < -0.4 is 4.90 Å². The summed E-state index contributed by atoms with van der Waals surface area (Å²) in [5.74, 6) is -7.44. The Bertz CT molecular complexity index is 1160. The SMILES string of the molecule is O=C(O)C(F)(F)F.O=C(O)C(F)(F)F.O=C(O)C(F)(F)F.c1cnc(N2CCC3(COCCN(Cc4ccncc4)C3)C2)nc1. The zero-order chi connectivity index (χ0) is 34.5. The van der Waals surface area contributed by atoms with Crippen LogP contribution in [0.1, 0.15) is 12.0 Å². The summed E-state index contributed by atoms with van der Waals surface area (Å²) in [6.45, 7) is 6.57. The normalized spacial score (nSPS) is 18.6. The maximum atomic E-state index is 10.6. The average Bonchev–Trinajstić information content (AvgIpc) is 3.25. The number of ether oxygens (including phenoxy) is 1. The Morgan fingerprint density at radius 3 is 1.69 bits per heavy atom. The highest BCUT2D eigenvalue weighted by Gasteiger charge is 2.42. The second-order valence-corrected chi connectivity index (χ2v) is 9.25. The van der Waals surface area contributed by atoms with Gasteiger partial charge in [-0.1, -0.05) is 0 Å². The van der Waals surface area contributed by atoms with Gasteiger partial charge in [-0.3, -0.25) is 9.88 Å². The Morgan fingerprint density at radius 2 is 1.24 bits per heavy atom. The average molecular weight is 667 g/mol. The highest BCUT2D eigenvalue weighted by Crippen LogP contribution is 2.35. The van der Waals surface area contributed by atoms with Gasteiger partial charge < -0.3 is 25.0 Å². The first-order valence-electron chi connectivity index (χ1n) is 12.3. The number of carboxylic acid groups (broad SMARTS) is 3. The largest absolute Gasteiger partial charge is 0.490 e. The first-order valence-corrected chi connectivity index (χ1v) is 12.3. The molecular formula is C24H26F9N5O7. The fourth-order valence-corrected chi connectivity index (χ4v) is 3.77. The zero-order valence-electron chi connectivity index (χ0n) is 22.8. The number of pyridine rings is 1. The van der Waals surface area contributed by atoms with Crippen molar-refractivity contribution in [1.82, 2.24) is 19.9 Å². The van der Waals surface area contributed by atoms with Gasteiger partial charge in [0.2, 0.25) is 5.95 Å². The molecule has 1 spiro atoms. The van der Waals surface area contributed by atoms with E-state index in [0.29, 0.717) is 0 Å². The standard InChI is InChI=1S/C18H23N5O.3C2HF3O2/c1-5-20-17(21-6-1)23-9-4-18(14-23)13-22(10-11-24-15-18)12-16-2-7-19-8-3-16;3*3-2(4,5)1(6)7/h1-3,5-8H,4,9-15H2;3*(H,6,7). The van der Waals surface area contributed by atoms with E-state index in [9.17, 15) is 39.5 Å². The van der Waals surface area contributed by atoms with Gasteiger partial charge in [0, 0.05) is 62.9 Å². The summed E-state index contributed by atoms with van der Waals surface area (Å²) in [5, 5.41) is 21.4. The van der Waals surface area contributed by atoms with E-state index >= 15 is 0 Å². The van der Waals surface area contributed by atoms with E-state index in [2.05, 4.69) is 36.9 Å². The highest BCUT2D eigenvalue weighted by molar-refractivity contribution is 5.73. The van der Waals surface area contributed by atoms with Crippen molar-refractivity contribution in [1.29, 1.82) is 0 Å². The lowest BCUT2D eigenvalue weighted by atomic mass is 9.87. The van der Waals surface area contributed by atoms with Crippen molar-refractivity contribution in [2.75, 3.05) is 44.3 Å². The molecule has 1 atom stereocenters. The highest BCUT2D eigenvalue weighted by atomic mass is 19.4. The molecule has 0 radical (unpaired) electrons. The van der Waals surface area contributed by atoms with Crippen molar-refractivity contribution in [3.63, 3.8) is 0 Å². The van der Waals surface area contributed by atoms with Gasteiger partial charge >= 0.3 is 36.4 Å². The predicted octanol–water partition coefficient (Wildman–Crippen LogP) is 3.50. The monoisotopic (exact) mass is 667 g/mol. The summed E-state index contributed by atoms with van der Waals surface area (Å²) in [4.78, 5) is 44.4. The second-order valence-electron chi connectivity index (χ2n) is 9.25. The van der Waals surface area contributed by atoms with Crippen LogP contribution in [0.5, 0.6) is 0 Å². The van der Waals surface area contributed by atoms with Crippen LogP contribution in [0.25, 0.3) is 0 Å². The number of nitrogens with zero attached hydrogens (tertiary/aromatic N) is 5. The molecule has 252 valence electrons. The lowest BCUT2D eigenvalue weighted by molar-refractivity contribution is -0.193. The number of aliphatic carboxylic acids is 3. The van der Waals surface area contributed by atoms with Crippen molar-refractivity contribution in [3.05, 3.63) is 48.5 Å². The lowest BCUT2D eigenvalue weighted by Gasteiger charge is -2.31. The van der Waals surface area contributed by atoms with Gasteiger partial charge in [0.25, 0.3) is 0 Å². The summed E-state index contributed by atoms with van der Waals surface area (Å²) in [6.07, 6.45) is -6.77. The minimum Gasteiger partial charge on any atom is -0.475 e. The Labute approximate surface area is 248 Å². The molecule has 1 unspecified atom stereocenters. The summed E-state index contributed by atoms with van der Waals surface area (Å²) in [7, 11) is 0. The van der Waals surface area contributed by atoms with Gasteiger partial charge in [0.05, 0.1) is 13.2 Å².